The molecule has 1 fully saturated rings. The van der Waals surface area contributed by atoms with Gasteiger partial charge in [-0.3, -0.25) is 9.59 Å². The number of nitrogens with one attached hydrogen (secondary N) is 1. The lowest BCUT2D eigenvalue weighted by Gasteiger charge is -2.35. The van der Waals surface area contributed by atoms with Gasteiger partial charge in [0.1, 0.15) is 5.82 Å². The molecule has 3 heterocycles. The first kappa shape index (κ1) is 17.3. The van der Waals surface area contributed by atoms with Gasteiger partial charge in [0.15, 0.2) is 0 Å². The summed E-state index contributed by atoms with van der Waals surface area (Å²) in [5.41, 5.74) is 3.09. The van der Waals surface area contributed by atoms with Crippen LogP contribution in [-0.2, 0) is 16.0 Å². The number of rotatable bonds is 3. The van der Waals surface area contributed by atoms with Crippen LogP contribution in [0.25, 0.3) is 6.08 Å². The number of para-hydroxylation sites is 1. The number of carbonyl (C=O) groups is 2. The summed E-state index contributed by atoms with van der Waals surface area (Å²) < 4.78 is 0. The zero-order chi connectivity index (χ0) is 18.6. The predicted molar refractivity (Wildman–Crippen MR) is 105 cm³/mol. The van der Waals surface area contributed by atoms with Crippen molar-refractivity contribution in [1.82, 2.24) is 9.88 Å². The lowest BCUT2D eigenvalue weighted by Crippen LogP contribution is -2.48. The largest absolute Gasteiger partial charge is 0.368 e. The maximum absolute atomic E-state index is 12.5. The van der Waals surface area contributed by atoms with Gasteiger partial charge in [0.25, 0.3) is 0 Å². The third kappa shape index (κ3) is 4.00. The molecule has 2 aliphatic rings. The third-order valence-electron chi connectivity index (χ3n) is 5.00. The van der Waals surface area contributed by atoms with Gasteiger partial charge in [-0.15, -0.1) is 0 Å². The summed E-state index contributed by atoms with van der Waals surface area (Å²) in [6.07, 6.45) is 6.26. The number of amides is 2. The summed E-state index contributed by atoms with van der Waals surface area (Å²) in [5, 5.41) is 2.77. The summed E-state index contributed by atoms with van der Waals surface area (Å²) in [7, 11) is 0. The van der Waals surface area contributed by atoms with Crippen LogP contribution in [0.3, 0.4) is 0 Å². The molecule has 1 aromatic carbocycles. The van der Waals surface area contributed by atoms with Gasteiger partial charge in [-0.1, -0.05) is 18.2 Å². The van der Waals surface area contributed by atoms with Gasteiger partial charge in [0, 0.05) is 50.6 Å². The fraction of sp³-hybridized carbons (Fsp3) is 0.286. The first-order valence-corrected chi connectivity index (χ1v) is 9.25. The Balaban J connectivity index is 1.35. The van der Waals surface area contributed by atoms with Crippen molar-refractivity contribution in [2.75, 3.05) is 36.4 Å². The number of benzene rings is 1. The van der Waals surface area contributed by atoms with Crippen molar-refractivity contribution in [3.63, 3.8) is 0 Å². The number of hydrogen-bond donors (Lipinski definition) is 1. The maximum atomic E-state index is 12.5. The average molecular weight is 362 g/mol. The molecular formula is C21H22N4O2. The molecule has 2 aliphatic heterocycles. The number of aryl methyl sites for hydroxylation is 1. The Bertz CT molecular complexity index is 871. The van der Waals surface area contributed by atoms with E-state index in [0.717, 1.165) is 24.2 Å². The molecule has 0 spiro atoms. The number of carbonyl (C=O) groups excluding carboxylic acids is 2. The monoisotopic (exact) mass is 362 g/mol. The molecule has 0 saturated carbocycles. The van der Waals surface area contributed by atoms with Crippen molar-refractivity contribution in [3.8, 4) is 0 Å². The van der Waals surface area contributed by atoms with Crippen molar-refractivity contribution in [2.24, 2.45) is 0 Å². The predicted octanol–water partition coefficient (Wildman–Crippen LogP) is 2.33. The highest BCUT2D eigenvalue weighted by atomic mass is 16.2. The molecule has 2 aromatic rings. The van der Waals surface area contributed by atoms with Crippen LogP contribution in [0.2, 0.25) is 0 Å². The average Bonchev–Trinajstić information content (AvgIpc) is 2.72. The minimum atomic E-state index is 0.00288. The molecule has 6 heteroatoms. The number of piperazine rings is 1. The molecule has 0 aliphatic carbocycles. The van der Waals surface area contributed by atoms with Crippen molar-refractivity contribution in [1.29, 1.82) is 0 Å². The molecule has 27 heavy (non-hydrogen) atoms. The van der Waals surface area contributed by atoms with Crippen molar-refractivity contribution >= 4 is 29.4 Å². The molecule has 2 amide bonds. The quantitative estimate of drug-likeness (QED) is 0.851. The van der Waals surface area contributed by atoms with Gasteiger partial charge in [0.05, 0.1) is 0 Å². The number of nitrogens with zero attached hydrogens (tertiary/aromatic N) is 3. The highest BCUT2D eigenvalue weighted by Gasteiger charge is 2.20. The van der Waals surface area contributed by atoms with Crippen molar-refractivity contribution in [2.45, 2.75) is 12.8 Å². The van der Waals surface area contributed by atoms with Crippen LogP contribution >= 0.6 is 0 Å². The Labute approximate surface area is 158 Å². The first-order chi connectivity index (χ1) is 13.2. The Morgan fingerprint density at radius 1 is 1.07 bits per heavy atom. The number of hydrogen-bond acceptors (Lipinski definition) is 4. The highest BCUT2D eigenvalue weighted by Crippen LogP contribution is 2.21. The Morgan fingerprint density at radius 2 is 1.85 bits per heavy atom. The van der Waals surface area contributed by atoms with E-state index in [-0.39, 0.29) is 11.8 Å². The standard InChI is InChI=1S/C21H22N4O2/c26-19-8-7-17-14-16(15-22-21(17)23-19)6-9-20(27)25-12-10-24(11-13-25)18-4-2-1-3-5-18/h1-6,9,14-15H,7-8,10-13H2,(H,22,23,26). The molecule has 1 aromatic heterocycles. The van der Waals surface area contributed by atoms with E-state index >= 15 is 0 Å². The highest BCUT2D eigenvalue weighted by molar-refractivity contribution is 5.94. The van der Waals surface area contributed by atoms with Gasteiger partial charge in [-0.05, 0) is 41.8 Å². The minimum absolute atomic E-state index is 0.00288. The lowest BCUT2D eigenvalue weighted by molar-refractivity contribution is -0.126. The van der Waals surface area contributed by atoms with E-state index in [1.165, 1.54) is 5.69 Å². The van der Waals surface area contributed by atoms with E-state index in [1.54, 1.807) is 18.3 Å². The minimum Gasteiger partial charge on any atom is -0.368 e. The number of fused-ring (bicyclic) bond motifs is 1. The van der Waals surface area contributed by atoms with E-state index in [9.17, 15) is 9.59 Å². The van der Waals surface area contributed by atoms with Crippen LogP contribution in [0, 0.1) is 0 Å². The van der Waals surface area contributed by atoms with Crippen LogP contribution in [0.1, 0.15) is 17.5 Å². The summed E-state index contributed by atoms with van der Waals surface area (Å²) in [5.74, 6) is 0.656. The van der Waals surface area contributed by atoms with Crippen molar-refractivity contribution in [3.05, 3.63) is 59.8 Å². The molecule has 0 radical (unpaired) electrons. The second-order valence-corrected chi connectivity index (χ2v) is 6.81. The van der Waals surface area contributed by atoms with Crippen LogP contribution in [0.15, 0.2) is 48.7 Å². The smallest absolute Gasteiger partial charge is 0.246 e. The van der Waals surface area contributed by atoms with E-state index in [1.807, 2.05) is 29.2 Å². The fourth-order valence-corrected chi connectivity index (χ4v) is 3.46. The molecule has 1 saturated heterocycles. The topological polar surface area (TPSA) is 65.5 Å². The molecule has 138 valence electrons. The Morgan fingerprint density at radius 3 is 2.63 bits per heavy atom. The number of aromatic nitrogens is 1. The maximum Gasteiger partial charge on any atom is 0.246 e. The van der Waals surface area contributed by atoms with Crippen molar-refractivity contribution < 1.29 is 9.59 Å². The third-order valence-corrected chi connectivity index (χ3v) is 5.00. The SMILES string of the molecule is O=C1CCc2cc(C=CC(=O)N3CCN(c4ccccc4)CC3)cnc2N1. The summed E-state index contributed by atoms with van der Waals surface area (Å²) in [4.78, 5) is 32.4. The second-order valence-electron chi connectivity index (χ2n) is 6.81. The van der Waals surface area contributed by atoms with Gasteiger partial charge in [-0.2, -0.15) is 0 Å². The number of anilines is 2. The molecule has 4 rings (SSSR count). The van der Waals surface area contributed by atoms with Crippen LogP contribution in [-0.4, -0.2) is 47.9 Å². The number of pyridine rings is 1. The normalized spacial score (nSPS) is 17.0. The molecular weight excluding hydrogens is 340 g/mol. The second kappa shape index (κ2) is 7.61. The van der Waals surface area contributed by atoms with Gasteiger partial charge in [0.2, 0.25) is 11.8 Å². The van der Waals surface area contributed by atoms with Crippen LogP contribution in [0.5, 0.6) is 0 Å². The Hall–Kier alpha value is -3.15. The van der Waals surface area contributed by atoms with Gasteiger partial charge < -0.3 is 15.1 Å². The van der Waals surface area contributed by atoms with Gasteiger partial charge in [-0.25, -0.2) is 4.98 Å². The molecule has 0 bridgehead atoms. The Kier molecular flexibility index (Phi) is 4.87. The first-order valence-electron chi connectivity index (χ1n) is 9.25. The molecule has 6 nitrogen and oxygen atoms in total. The van der Waals surface area contributed by atoms with Gasteiger partial charge >= 0.3 is 0 Å². The zero-order valence-electron chi connectivity index (χ0n) is 15.1. The van der Waals surface area contributed by atoms with E-state index in [2.05, 4.69) is 27.3 Å². The van der Waals surface area contributed by atoms with E-state index < -0.39 is 0 Å². The molecule has 0 atom stereocenters. The molecule has 0 unspecified atom stereocenters. The molecule has 1 N–H and O–H groups in total. The lowest BCUT2D eigenvalue weighted by atomic mass is 10.0. The van der Waals surface area contributed by atoms with E-state index in [0.29, 0.717) is 31.7 Å². The van der Waals surface area contributed by atoms with E-state index in [4.69, 9.17) is 0 Å². The summed E-state index contributed by atoms with van der Waals surface area (Å²) in [6.45, 7) is 3.10. The summed E-state index contributed by atoms with van der Waals surface area (Å²) >= 11 is 0. The van der Waals surface area contributed by atoms with Crippen LogP contribution < -0.4 is 10.2 Å². The fourth-order valence-electron chi connectivity index (χ4n) is 3.46. The zero-order valence-corrected chi connectivity index (χ0v) is 15.1. The van der Waals surface area contributed by atoms with Crippen LogP contribution in [0.4, 0.5) is 11.5 Å². The summed E-state index contributed by atoms with van der Waals surface area (Å²) in [6, 6.07) is 12.3.